The van der Waals surface area contributed by atoms with Crippen molar-refractivity contribution in [3.05, 3.63) is 93.5 Å². The molecule has 3 aromatic carbocycles. The number of Topliss-reactive ketones (excluding diaryl/α,β-unsaturated/α-hetero) is 1. The highest BCUT2D eigenvalue weighted by Crippen LogP contribution is 2.23. The maximum Gasteiger partial charge on any atom is 0.339 e. The summed E-state index contributed by atoms with van der Waals surface area (Å²) in [7, 11) is -4.13. The number of nitrogens with one attached hydrogen (secondary N) is 2. The van der Waals surface area contributed by atoms with Gasteiger partial charge in [0.25, 0.3) is 5.91 Å². The van der Waals surface area contributed by atoms with Gasteiger partial charge in [-0.3, -0.25) is 14.4 Å². The van der Waals surface area contributed by atoms with Gasteiger partial charge in [-0.15, -0.1) is 11.8 Å². The van der Waals surface area contributed by atoms with Crippen molar-refractivity contribution in [2.75, 3.05) is 5.75 Å². The van der Waals surface area contributed by atoms with Crippen molar-refractivity contribution in [1.29, 1.82) is 0 Å². The van der Waals surface area contributed by atoms with Crippen molar-refractivity contribution < 1.29 is 42.9 Å². The summed E-state index contributed by atoms with van der Waals surface area (Å²) in [6.45, 7) is 5.81. The largest absolute Gasteiger partial charge is 0.507 e. The maximum atomic E-state index is 12.9. The Morgan fingerprint density at radius 3 is 2.12 bits per heavy atom. The van der Waals surface area contributed by atoms with E-state index in [1.807, 2.05) is 20.8 Å². The van der Waals surface area contributed by atoms with Crippen LogP contribution in [-0.2, 0) is 31.9 Å². The first-order chi connectivity index (χ1) is 20.2. The van der Waals surface area contributed by atoms with Crippen LogP contribution in [-0.4, -0.2) is 59.2 Å². The van der Waals surface area contributed by atoms with Crippen LogP contribution in [0.3, 0.4) is 0 Å². The highest BCUT2D eigenvalue weighted by molar-refractivity contribution is 7.99. The lowest BCUT2D eigenvalue weighted by Crippen LogP contribution is -2.43. The van der Waals surface area contributed by atoms with Crippen LogP contribution in [0.1, 0.15) is 55.0 Å². The number of carboxylic acid groups (broad SMARTS) is 2. The van der Waals surface area contributed by atoms with Gasteiger partial charge in [0.05, 0.1) is 23.1 Å². The summed E-state index contributed by atoms with van der Waals surface area (Å²) < 4.78 is 27.5. The molecular formula is C30H32N2O9S2. The molecule has 0 aliphatic carbocycles. The minimum absolute atomic E-state index is 0.0130. The molecule has 0 aromatic heterocycles. The van der Waals surface area contributed by atoms with Crippen LogP contribution in [0.15, 0.2) is 59.5 Å². The second-order valence-electron chi connectivity index (χ2n) is 9.97. The number of carbonyl (C=O) groups excluding carboxylic acids is 2. The van der Waals surface area contributed by atoms with Gasteiger partial charge in [0, 0.05) is 17.9 Å². The molecule has 13 heteroatoms. The SMILES string of the molecule is Cc1cc(C)c(CSCC(=O)C(CC(=O)O)NC(=O)c2ccc(CNS(=O)(=O)c3ccc(O)c(C(=O)O)c3)cc2)c(C)c1. The molecule has 5 N–H and O–H groups in total. The third kappa shape index (κ3) is 9.14. The number of ketones is 1. The molecule has 228 valence electrons. The number of thioether (sulfide) groups is 1. The number of carbonyl (C=O) groups is 4. The lowest BCUT2D eigenvalue weighted by atomic mass is 10.0. The molecule has 0 saturated heterocycles. The third-order valence-corrected chi connectivity index (χ3v) is 8.98. The second kappa shape index (κ2) is 14.3. The number of amides is 1. The van der Waals surface area contributed by atoms with Crippen molar-refractivity contribution in [2.45, 2.75) is 50.4 Å². The first kappa shape index (κ1) is 33.3. The number of benzene rings is 3. The van der Waals surface area contributed by atoms with E-state index in [9.17, 15) is 37.8 Å². The number of aromatic carboxylic acids is 1. The molecule has 1 unspecified atom stereocenters. The fraction of sp³-hybridized carbons (Fsp3) is 0.267. The van der Waals surface area contributed by atoms with E-state index in [1.54, 1.807) is 0 Å². The number of sulfonamides is 1. The Bertz CT molecular complexity index is 1630. The second-order valence-corrected chi connectivity index (χ2v) is 12.7. The number of rotatable bonds is 14. The number of aromatic hydroxyl groups is 1. The lowest BCUT2D eigenvalue weighted by Gasteiger charge is -2.17. The smallest absolute Gasteiger partial charge is 0.339 e. The third-order valence-electron chi connectivity index (χ3n) is 6.59. The number of carboxylic acids is 2. The minimum atomic E-state index is -4.13. The predicted molar refractivity (Wildman–Crippen MR) is 161 cm³/mol. The molecular weight excluding hydrogens is 596 g/mol. The average Bonchev–Trinajstić information content (AvgIpc) is 2.92. The molecule has 0 radical (unpaired) electrons. The summed E-state index contributed by atoms with van der Waals surface area (Å²) >= 11 is 1.35. The number of hydrogen-bond acceptors (Lipinski definition) is 8. The van der Waals surface area contributed by atoms with Crippen LogP contribution >= 0.6 is 11.8 Å². The zero-order valence-electron chi connectivity index (χ0n) is 23.7. The summed E-state index contributed by atoms with van der Waals surface area (Å²) in [5.74, 6) is -3.79. The van der Waals surface area contributed by atoms with E-state index < -0.39 is 57.4 Å². The number of aliphatic carboxylic acids is 1. The van der Waals surface area contributed by atoms with Gasteiger partial charge < -0.3 is 20.6 Å². The molecule has 0 saturated carbocycles. The van der Waals surface area contributed by atoms with E-state index in [0.29, 0.717) is 11.3 Å². The van der Waals surface area contributed by atoms with Crippen molar-refractivity contribution in [3.63, 3.8) is 0 Å². The molecule has 3 aromatic rings. The van der Waals surface area contributed by atoms with Crippen molar-refractivity contribution >= 4 is 45.4 Å². The Morgan fingerprint density at radius 1 is 0.907 bits per heavy atom. The summed E-state index contributed by atoms with van der Waals surface area (Å²) in [5.41, 5.74) is 4.51. The molecule has 11 nitrogen and oxygen atoms in total. The monoisotopic (exact) mass is 628 g/mol. The Hall–Kier alpha value is -4.20. The molecule has 3 rings (SSSR count). The Labute approximate surface area is 253 Å². The van der Waals surface area contributed by atoms with E-state index in [-0.39, 0.29) is 22.8 Å². The number of phenols is 1. The summed E-state index contributed by atoms with van der Waals surface area (Å²) in [6.07, 6.45) is -0.575. The van der Waals surface area contributed by atoms with Gasteiger partial charge >= 0.3 is 11.9 Å². The summed E-state index contributed by atoms with van der Waals surface area (Å²) in [4.78, 5) is 48.0. The molecule has 0 aliphatic heterocycles. The van der Waals surface area contributed by atoms with Gasteiger partial charge in [-0.2, -0.15) is 0 Å². The normalized spacial score (nSPS) is 12.0. The molecule has 0 fully saturated rings. The standard InChI is InChI=1S/C30H32N2O9S2/c1-17-10-18(2)24(19(3)11-17)15-42-16-27(34)25(13-28(35)36)32-29(37)21-6-4-20(5-7-21)14-31-43(40,41)22-8-9-26(33)23(12-22)30(38)39/h4-12,25,31,33H,13-16H2,1-3H3,(H,32,37)(H,35,36)(H,38,39). The van der Waals surface area contributed by atoms with Gasteiger partial charge in [0.2, 0.25) is 10.0 Å². The van der Waals surface area contributed by atoms with Crippen molar-refractivity contribution in [2.24, 2.45) is 0 Å². The Kier molecular flexibility index (Phi) is 11.1. The predicted octanol–water partition coefficient (Wildman–Crippen LogP) is 3.57. The highest BCUT2D eigenvalue weighted by Gasteiger charge is 2.24. The van der Waals surface area contributed by atoms with Crippen molar-refractivity contribution in [1.82, 2.24) is 10.0 Å². The fourth-order valence-corrected chi connectivity index (χ4v) is 6.55. The maximum absolute atomic E-state index is 12.9. The molecule has 1 atom stereocenters. The van der Waals surface area contributed by atoms with Gasteiger partial charge in [-0.25, -0.2) is 17.9 Å². The zero-order valence-corrected chi connectivity index (χ0v) is 25.3. The Balaban J connectivity index is 1.61. The van der Waals surface area contributed by atoms with E-state index in [2.05, 4.69) is 22.2 Å². The lowest BCUT2D eigenvalue weighted by molar-refractivity contribution is -0.139. The van der Waals surface area contributed by atoms with Crippen LogP contribution in [0.5, 0.6) is 5.75 Å². The van der Waals surface area contributed by atoms with E-state index in [4.69, 9.17) is 5.11 Å². The summed E-state index contributed by atoms with van der Waals surface area (Å²) in [5, 5.41) is 30.5. The van der Waals surface area contributed by atoms with Crippen LogP contribution in [0.4, 0.5) is 0 Å². The van der Waals surface area contributed by atoms with Crippen LogP contribution in [0.2, 0.25) is 0 Å². The zero-order chi connectivity index (χ0) is 31.9. The van der Waals surface area contributed by atoms with Gasteiger partial charge in [-0.1, -0.05) is 29.8 Å². The first-order valence-corrected chi connectivity index (χ1v) is 15.7. The topological polar surface area (TPSA) is 187 Å². The highest BCUT2D eigenvalue weighted by atomic mass is 32.2. The van der Waals surface area contributed by atoms with Crippen LogP contribution < -0.4 is 10.0 Å². The molecule has 0 aliphatic rings. The molecule has 0 bridgehead atoms. The quantitative estimate of drug-likeness (QED) is 0.177. The molecule has 0 spiro atoms. The molecule has 43 heavy (non-hydrogen) atoms. The van der Waals surface area contributed by atoms with Crippen LogP contribution in [0.25, 0.3) is 0 Å². The number of aryl methyl sites for hydroxylation is 3. The van der Waals surface area contributed by atoms with E-state index >= 15 is 0 Å². The van der Waals surface area contributed by atoms with Crippen molar-refractivity contribution in [3.8, 4) is 5.75 Å². The average molecular weight is 629 g/mol. The fourth-order valence-electron chi connectivity index (χ4n) is 4.34. The minimum Gasteiger partial charge on any atom is -0.507 e. The van der Waals surface area contributed by atoms with E-state index in [0.717, 1.165) is 40.5 Å². The molecule has 0 heterocycles. The molecule has 1 amide bonds. The van der Waals surface area contributed by atoms with Gasteiger partial charge in [0.1, 0.15) is 11.3 Å². The van der Waals surface area contributed by atoms with Gasteiger partial charge in [-0.05, 0) is 73.4 Å². The first-order valence-electron chi connectivity index (χ1n) is 13.0. The number of hydrogen-bond donors (Lipinski definition) is 5. The van der Waals surface area contributed by atoms with Crippen LogP contribution in [0, 0.1) is 20.8 Å². The summed E-state index contributed by atoms with van der Waals surface area (Å²) in [6, 6.07) is 11.5. The Morgan fingerprint density at radius 2 is 1.53 bits per heavy atom. The van der Waals surface area contributed by atoms with Gasteiger partial charge in [0.15, 0.2) is 5.78 Å². The van der Waals surface area contributed by atoms with E-state index in [1.165, 1.54) is 36.0 Å².